The Morgan fingerprint density at radius 2 is 2.07 bits per heavy atom. The molecule has 1 N–H and O–H groups in total. The minimum Gasteiger partial charge on any atom is -0.379 e. The Bertz CT molecular complexity index is 177. The highest BCUT2D eigenvalue weighted by molar-refractivity contribution is 4.79. The van der Waals surface area contributed by atoms with Crippen LogP contribution in [0.1, 0.15) is 6.92 Å². The number of hydrogen-bond acceptors (Lipinski definition) is 4. The molecule has 0 amide bonds. The molecule has 2 atom stereocenters. The van der Waals surface area contributed by atoms with Crippen LogP contribution in [-0.2, 0) is 9.47 Å². The molecule has 2 unspecified atom stereocenters. The SMILES string of the molecule is CC(CN1CCOCC1)C1COCCN1. The largest absolute Gasteiger partial charge is 0.379 e. The van der Waals surface area contributed by atoms with Crippen molar-refractivity contribution in [2.45, 2.75) is 13.0 Å². The average molecular weight is 214 g/mol. The Hall–Kier alpha value is -0.160. The topological polar surface area (TPSA) is 33.7 Å². The quantitative estimate of drug-likeness (QED) is 0.714. The Kier molecular flexibility index (Phi) is 4.38. The molecule has 2 rings (SSSR count). The van der Waals surface area contributed by atoms with E-state index in [1.54, 1.807) is 0 Å². The summed E-state index contributed by atoms with van der Waals surface area (Å²) < 4.78 is 10.8. The van der Waals surface area contributed by atoms with Crippen LogP contribution in [0.5, 0.6) is 0 Å². The van der Waals surface area contributed by atoms with Gasteiger partial charge >= 0.3 is 0 Å². The molecule has 0 spiro atoms. The molecule has 2 saturated heterocycles. The van der Waals surface area contributed by atoms with Crippen molar-refractivity contribution in [3.05, 3.63) is 0 Å². The lowest BCUT2D eigenvalue weighted by Crippen LogP contribution is -2.49. The summed E-state index contributed by atoms with van der Waals surface area (Å²) in [5.41, 5.74) is 0. The monoisotopic (exact) mass is 214 g/mol. The predicted octanol–water partition coefficient (Wildman–Crippen LogP) is -0.0569. The van der Waals surface area contributed by atoms with Crippen molar-refractivity contribution in [3.8, 4) is 0 Å². The molecule has 0 aliphatic carbocycles. The van der Waals surface area contributed by atoms with Crippen LogP contribution >= 0.6 is 0 Å². The van der Waals surface area contributed by atoms with Gasteiger partial charge in [0.2, 0.25) is 0 Å². The van der Waals surface area contributed by atoms with Gasteiger partial charge in [-0.1, -0.05) is 6.92 Å². The Balaban J connectivity index is 1.72. The lowest BCUT2D eigenvalue weighted by Gasteiger charge is -2.34. The summed E-state index contributed by atoms with van der Waals surface area (Å²) in [5.74, 6) is 0.656. The van der Waals surface area contributed by atoms with Crippen LogP contribution in [0, 0.1) is 5.92 Å². The van der Waals surface area contributed by atoms with Crippen molar-refractivity contribution in [3.63, 3.8) is 0 Å². The molecular formula is C11H22N2O2. The highest BCUT2D eigenvalue weighted by atomic mass is 16.5. The van der Waals surface area contributed by atoms with Gasteiger partial charge in [0.1, 0.15) is 0 Å². The van der Waals surface area contributed by atoms with Gasteiger partial charge in [-0.05, 0) is 5.92 Å². The molecular weight excluding hydrogens is 192 g/mol. The smallest absolute Gasteiger partial charge is 0.0623 e. The standard InChI is InChI=1S/C11H22N2O2/c1-10(11-9-15-5-2-12-11)8-13-3-6-14-7-4-13/h10-12H,2-9H2,1H3. The third kappa shape index (κ3) is 3.41. The fourth-order valence-electron chi connectivity index (χ4n) is 2.27. The lowest BCUT2D eigenvalue weighted by atomic mass is 10.0. The third-order valence-electron chi connectivity index (χ3n) is 3.29. The molecule has 0 radical (unpaired) electrons. The van der Waals surface area contributed by atoms with Crippen LogP contribution in [-0.4, -0.2) is 63.5 Å². The first-order valence-electron chi connectivity index (χ1n) is 5.97. The third-order valence-corrected chi connectivity index (χ3v) is 3.29. The van der Waals surface area contributed by atoms with Gasteiger partial charge in [0.15, 0.2) is 0 Å². The lowest BCUT2D eigenvalue weighted by molar-refractivity contribution is 0.0156. The molecule has 2 fully saturated rings. The van der Waals surface area contributed by atoms with E-state index in [9.17, 15) is 0 Å². The average Bonchev–Trinajstić information content (AvgIpc) is 2.31. The van der Waals surface area contributed by atoms with Crippen molar-refractivity contribution in [1.82, 2.24) is 10.2 Å². The number of hydrogen-bond donors (Lipinski definition) is 1. The summed E-state index contributed by atoms with van der Waals surface area (Å²) in [6.07, 6.45) is 0. The van der Waals surface area contributed by atoms with Crippen molar-refractivity contribution in [1.29, 1.82) is 0 Å². The fourth-order valence-corrected chi connectivity index (χ4v) is 2.27. The Morgan fingerprint density at radius 3 is 2.73 bits per heavy atom. The van der Waals surface area contributed by atoms with Crippen molar-refractivity contribution < 1.29 is 9.47 Å². The summed E-state index contributed by atoms with van der Waals surface area (Å²) in [6.45, 7) is 10.1. The van der Waals surface area contributed by atoms with Crippen LogP contribution < -0.4 is 5.32 Å². The first-order chi connectivity index (χ1) is 7.36. The molecule has 2 heterocycles. The van der Waals surface area contributed by atoms with E-state index in [1.165, 1.54) is 0 Å². The minimum atomic E-state index is 0.529. The van der Waals surface area contributed by atoms with Crippen LogP contribution in [0.2, 0.25) is 0 Å². The number of nitrogens with one attached hydrogen (secondary N) is 1. The van der Waals surface area contributed by atoms with Gasteiger partial charge in [0, 0.05) is 32.2 Å². The maximum Gasteiger partial charge on any atom is 0.0623 e. The van der Waals surface area contributed by atoms with Gasteiger partial charge in [-0.15, -0.1) is 0 Å². The normalized spacial score (nSPS) is 31.4. The van der Waals surface area contributed by atoms with E-state index in [2.05, 4.69) is 17.1 Å². The Labute approximate surface area is 91.9 Å². The molecule has 15 heavy (non-hydrogen) atoms. The zero-order valence-corrected chi connectivity index (χ0v) is 9.58. The second-order valence-corrected chi connectivity index (χ2v) is 4.53. The molecule has 0 bridgehead atoms. The van der Waals surface area contributed by atoms with Crippen LogP contribution in [0.3, 0.4) is 0 Å². The highest BCUT2D eigenvalue weighted by Gasteiger charge is 2.22. The van der Waals surface area contributed by atoms with Crippen LogP contribution in [0.15, 0.2) is 0 Å². The Morgan fingerprint density at radius 1 is 1.27 bits per heavy atom. The van der Waals surface area contributed by atoms with E-state index >= 15 is 0 Å². The molecule has 2 aliphatic heterocycles. The summed E-state index contributed by atoms with van der Waals surface area (Å²) >= 11 is 0. The second kappa shape index (κ2) is 5.80. The van der Waals surface area contributed by atoms with Gasteiger partial charge in [-0.2, -0.15) is 0 Å². The molecule has 4 heteroatoms. The van der Waals surface area contributed by atoms with E-state index in [1.807, 2.05) is 0 Å². The van der Waals surface area contributed by atoms with Gasteiger partial charge < -0.3 is 14.8 Å². The number of ether oxygens (including phenoxy) is 2. The van der Waals surface area contributed by atoms with Gasteiger partial charge in [-0.25, -0.2) is 0 Å². The first kappa shape index (κ1) is 11.3. The molecule has 0 aromatic carbocycles. The van der Waals surface area contributed by atoms with Gasteiger partial charge in [-0.3, -0.25) is 4.90 Å². The fraction of sp³-hybridized carbons (Fsp3) is 1.00. The van der Waals surface area contributed by atoms with E-state index in [0.29, 0.717) is 12.0 Å². The van der Waals surface area contributed by atoms with Crippen LogP contribution in [0.4, 0.5) is 0 Å². The van der Waals surface area contributed by atoms with Gasteiger partial charge in [0.25, 0.3) is 0 Å². The first-order valence-corrected chi connectivity index (χ1v) is 5.97. The highest BCUT2D eigenvalue weighted by Crippen LogP contribution is 2.10. The summed E-state index contributed by atoms with van der Waals surface area (Å²) in [6, 6.07) is 0.529. The van der Waals surface area contributed by atoms with Gasteiger partial charge in [0.05, 0.1) is 26.4 Å². The predicted molar refractivity (Wildman–Crippen MR) is 59.0 cm³/mol. The number of morpholine rings is 2. The molecule has 0 aromatic rings. The summed E-state index contributed by atoms with van der Waals surface area (Å²) in [5, 5.41) is 3.53. The van der Waals surface area contributed by atoms with Crippen molar-refractivity contribution in [2.24, 2.45) is 5.92 Å². The maximum absolute atomic E-state index is 5.49. The summed E-state index contributed by atoms with van der Waals surface area (Å²) in [7, 11) is 0. The zero-order chi connectivity index (χ0) is 10.5. The van der Waals surface area contributed by atoms with Crippen molar-refractivity contribution in [2.75, 3.05) is 52.6 Å². The van der Waals surface area contributed by atoms with E-state index < -0.39 is 0 Å². The number of rotatable bonds is 3. The van der Waals surface area contributed by atoms with E-state index in [4.69, 9.17) is 9.47 Å². The van der Waals surface area contributed by atoms with Crippen molar-refractivity contribution >= 4 is 0 Å². The maximum atomic E-state index is 5.49. The van der Waals surface area contributed by atoms with E-state index in [-0.39, 0.29) is 0 Å². The zero-order valence-electron chi connectivity index (χ0n) is 9.58. The molecule has 2 aliphatic rings. The molecule has 4 nitrogen and oxygen atoms in total. The number of nitrogens with zero attached hydrogens (tertiary/aromatic N) is 1. The van der Waals surface area contributed by atoms with E-state index in [0.717, 1.165) is 52.6 Å². The summed E-state index contributed by atoms with van der Waals surface area (Å²) in [4.78, 5) is 2.49. The minimum absolute atomic E-state index is 0.529. The van der Waals surface area contributed by atoms with Crippen LogP contribution in [0.25, 0.3) is 0 Å². The molecule has 88 valence electrons. The molecule has 0 saturated carbocycles. The molecule has 0 aromatic heterocycles. The second-order valence-electron chi connectivity index (χ2n) is 4.53.